The lowest BCUT2D eigenvalue weighted by Gasteiger charge is -2.19. The van der Waals surface area contributed by atoms with Crippen molar-refractivity contribution in [2.75, 3.05) is 12.0 Å². The van der Waals surface area contributed by atoms with Crippen molar-refractivity contribution in [3.8, 4) is 5.75 Å². The van der Waals surface area contributed by atoms with E-state index in [1.165, 1.54) is 4.90 Å². The van der Waals surface area contributed by atoms with E-state index >= 15 is 0 Å². The molecule has 6 heteroatoms. The molecule has 4 rings (SSSR count). The fraction of sp³-hybridized carbons (Fsp3) is 0.250. The second kappa shape index (κ2) is 5.98. The Bertz CT molecular complexity index is 902. The SMILES string of the molecule is COc1ccc(N2C(=O)CC3(CC(c4ccc(C)cc4)=NO3)C2=O)cc1. The number of carbonyl (C=O) groups is 2. The average molecular weight is 350 g/mol. The number of hydrogen-bond acceptors (Lipinski definition) is 5. The van der Waals surface area contributed by atoms with Crippen LogP contribution >= 0.6 is 0 Å². The average Bonchev–Trinajstić information content (AvgIpc) is 3.18. The molecule has 132 valence electrons. The highest BCUT2D eigenvalue weighted by Gasteiger charge is 2.58. The van der Waals surface area contributed by atoms with Crippen molar-refractivity contribution in [2.45, 2.75) is 25.4 Å². The largest absolute Gasteiger partial charge is 0.497 e. The number of imide groups is 1. The van der Waals surface area contributed by atoms with Gasteiger partial charge < -0.3 is 9.57 Å². The Morgan fingerprint density at radius 1 is 1.04 bits per heavy atom. The number of benzene rings is 2. The number of hydrogen-bond donors (Lipinski definition) is 0. The van der Waals surface area contributed by atoms with Crippen LogP contribution in [0.1, 0.15) is 24.0 Å². The Balaban J connectivity index is 1.58. The van der Waals surface area contributed by atoms with Crippen LogP contribution in [-0.2, 0) is 14.4 Å². The zero-order valence-corrected chi connectivity index (χ0v) is 14.6. The van der Waals surface area contributed by atoms with Gasteiger partial charge in [-0.25, -0.2) is 4.90 Å². The summed E-state index contributed by atoms with van der Waals surface area (Å²) in [6, 6.07) is 14.6. The summed E-state index contributed by atoms with van der Waals surface area (Å²) in [6.45, 7) is 2.00. The van der Waals surface area contributed by atoms with Crippen molar-refractivity contribution in [1.29, 1.82) is 0 Å². The van der Waals surface area contributed by atoms with Gasteiger partial charge in [0, 0.05) is 6.42 Å². The molecule has 0 radical (unpaired) electrons. The van der Waals surface area contributed by atoms with E-state index in [4.69, 9.17) is 9.57 Å². The standard InChI is InChI=1S/C20H18N2O4/c1-13-3-5-14(6-4-13)17-11-20(26-21-17)12-18(23)22(19(20)24)15-7-9-16(25-2)10-8-15/h3-10H,11-12H2,1-2H3. The summed E-state index contributed by atoms with van der Waals surface area (Å²) in [5, 5.41) is 4.11. The number of rotatable bonds is 3. The van der Waals surface area contributed by atoms with Gasteiger partial charge in [-0.2, -0.15) is 0 Å². The molecule has 0 saturated carbocycles. The molecule has 0 aliphatic carbocycles. The lowest BCUT2D eigenvalue weighted by molar-refractivity contribution is -0.136. The molecule has 1 spiro atoms. The first-order valence-electron chi connectivity index (χ1n) is 8.36. The van der Waals surface area contributed by atoms with E-state index in [0.717, 1.165) is 11.1 Å². The molecule has 2 aliphatic rings. The van der Waals surface area contributed by atoms with Crippen LogP contribution in [0.4, 0.5) is 5.69 Å². The molecular weight excluding hydrogens is 332 g/mol. The van der Waals surface area contributed by atoms with Gasteiger partial charge in [-0.3, -0.25) is 9.59 Å². The van der Waals surface area contributed by atoms with E-state index in [-0.39, 0.29) is 24.7 Å². The van der Waals surface area contributed by atoms with Crippen molar-refractivity contribution in [1.82, 2.24) is 0 Å². The number of anilines is 1. The summed E-state index contributed by atoms with van der Waals surface area (Å²) in [6.07, 6.45) is 0.268. The molecule has 0 bridgehead atoms. The summed E-state index contributed by atoms with van der Waals surface area (Å²) in [4.78, 5) is 32.2. The lowest BCUT2D eigenvalue weighted by atomic mass is 9.92. The van der Waals surface area contributed by atoms with Crippen LogP contribution in [0.15, 0.2) is 53.7 Å². The van der Waals surface area contributed by atoms with Crippen molar-refractivity contribution < 1.29 is 19.2 Å². The molecule has 1 unspecified atom stereocenters. The molecular formula is C20H18N2O4. The Kier molecular flexibility index (Phi) is 3.76. The monoisotopic (exact) mass is 350 g/mol. The fourth-order valence-electron chi connectivity index (χ4n) is 3.30. The zero-order valence-electron chi connectivity index (χ0n) is 14.6. The van der Waals surface area contributed by atoms with Gasteiger partial charge in [0.15, 0.2) is 0 Å². The molecule has 2 aromatic rings. The van der Waals surface area contributed by atoms with Crippen LogP contribution in [0.2, 0.25) is 0 Å². The molecule has 1 saturated heterocycles. The molecule has 1 atom stereocenters. The number of carbonyl (C=O) groups excluding carboxylic acids is 2. The summed E-state index contributed by atoms with van der Waals surface area (Å²) < 4.78 is 5.12. The van der Waals surface area contributed by atoms with E-state index in [1.54, 1.807) is 31.4 Å². The van der Waals surface area contributed by atoms with E-state index in [2.05, 4.69) is 5.16 Å². The van der Waals surface area contributed by atoms with E-state index in [0.29, 0.717) is 17.1 Å². The van der Waals surface area contributed by atoms with Gasteiger partial charge in [0.25, 0.3) is 5.91 Å². The highest BCUT2D eigenvalue weighted by atomic mass is 16.7. The van der Waals surface area contributed by atoms with Gasteiger partial charge in [-0.05, 0) is 36.8 Å². The minimum absolute atomic E-state index is 0.0171. The van der Waals surface area contributed by atoms with Crippen LogP contribution in [0, 0.1) is 6.92 Å². The van der Waals surface area contributed by atoms with Gasteiger partial charge in [0.2, 0.25) is 11.5 Å². The number of methoxy groups -OCH3 is 1. The number of aryl methyl sites for hydroxylation is 1. The highest BCUT2D eigenvalue weighted by Crippen LogP contribution is 2.39. The summed E-state index contributed by atoms with van der Waals surface area (Å²) in [5.41, 5.74) is 1.99. The first-order valence-corrected chi connectivity index (χ1v) is 8.36. The van der Waals surface area contributed by atoms with Crippen molar-refractivity contribution in [3.05, 3.63) is 59.7 Å². The van der Waals surface area contributed by atoms with Crippen LogP contribution in [-0.4, -0.2) is 30.2 Å². The number of amides is 2. The van der Waals surface area contributed by atoms with Crippen molar-refractivity contribution in [3.63, 3.8) is 0 Å². The van der Waals surface area contributed by atoms with Crippen LogP contribution in [0.5, 0.6) is 5.75 Å². The Morgan fingerprint density at radius 2 is 1.73 bits per heavy atom. The Labute approximate surface area is 151 Å². The molecule has 26 heavy (non-hydrogen) atoms. The van der Waals surface area contributed by atoms with Crippen molar-refractivity contribution in [2.24, 2.45) is 5.16 Å². The van der Waals surface area contributed by atoms with Crippen molar-refractivity contribution >= 4 is 23.2 Å². The molecule has 0 aromatic heterocycles. The Hall–Kier alpha value is -3.15. The maximum atomic E-state index is 13.0. The lowest BCUT2D eigenvalue weighted by Crippen LogP contribution is -2.40. The third-order valence-electron chi connectivity index (χ3n) is 4.78. The van der Waals surface area contributed by atoms with Gasteiger partial charge in [0.1, 0.15) is 5.75 Å². The number of oxime groups is 1. The zero-order chi connectivity index (χ0) is 18.3. The third-order valence-corrected chi connectivity index (χ3v) is 4.78. The molecule has 1 fully saturated rings. The van der Waals surface area contributed by atoms with E-state index in [1.807, 2.05) is 31.2 Å². The maximum Gasteiger partial charge on any atom is 0.281 e. The number of nitrogens with zero attached hydrogens (tertiary/aromatic N) is 2. The predicted molar refractivity (Wildman–Crippen MR) is 96.3 cm³/mol. The molecule has 2 aliphatic heterocycles. The van der Waals surface area contributed by atoms with E-state index in [9.17, 15) is 9.59 Å². The van der Waals surface area contributed by atoms with E-state index < -0.39 is 5.60 Å². The molecule has 0 N–H and O–H groups in total. The maximum absolute atomic E-state index is 13.0. The van der Waals surface area contributed by atoms with Crippen LogP contribution in [0.3, 0.4) is 0 Å². The van der Waals surface area contributed by atoms with Crippen LogP contribution in [0.25, 0.3) is 0 Å². The van der Waals surface area contributed by atoms with Gasteiger partial charge >= 0.3 is 0 Å². The van der Waals surface area contributed by atoms with Gasteiger partial charge in [0.05, 0.1) is 24.9 Å². The Morgan fingerprint density at radius 3 is 2.38 bits per heavy atom. The first-order chi connectivity index (χ1) is 12.5. The summed E-state index contributed by atoms with van der Waals surface area (Å²) in [5.74, 6) is -0.0104. The normalized spacial score (nSPS) is 21.9. The predicted octanol–water partition coefficient (Wildman–Crippen LogP) is 2.83. The second-order valence-corrected chi connectivity index (χ2v) is 6.58. The summed E-state index contributed by atoms with van der Waals surface area (Å²) >= 11 is 0. The topological polar surface area (TPSA) is 68.2 Å². The number of ether oxygens (including phenoxy) is 1. The molecule has 2 heterocycles. The minimum atomic E-state index is -1.24. The molecule has 2 aromatic carbocycles. The van der Waals surface area contributed by atoms with Gasteiger partial charge in [-0.15, -0.1) is 0 Å². The molecule has 2 amide bonds. The van der Waals surface area contributed by atoms with Gasteiger partial charge in [-0.1, -0.05) is 35.0 Å². The van der Waals surface area contributed by atoms with Crippen LogP contribution < -0.4 is 9.64 Å². The minimum Gasteiger partial charge on any atom is -0.497 e. The third kappa shape index (κ3) is 2.54. The second-order valence-electron chi connectivity index (χ2n) is 6.58. The highest BCUT2D eigenvalue weighted by molar-refractivity contribution is 6.25. The summed E-state index contributed by atoms with van der Waals surface area (Å²) in [7, 11) is 1.56. The quantitative estimate of drug-likeness (QED) is 0.798. The first kappa shape index (κ1) is 16.3. The fourth-order valence-corrected chi connectivity index (χ4v) is 3.30. The smallest absolute Gasteiger partial charge is 0.281 e. The molecule has 6 nitrogen and oxygen atoms in total.